The number of aryl methyl sites for hydroxylation is 1. The summed E-state index contributed by atoms with van der Waals surface area (Å²) in [7, 11) is -3.72. The fourth-order valence-corrected chi connectivity index (χ4v) is 3.70. The van der Waals surface area contributed by atoms with Crippen LogP contribution in [0.25, 0.3) is 0 Å². The van der Waals surface area contributed by atoms with Crippen molar-refractivity contribution in [2.24, 2.45) is 0 Å². The molecular formula is C21H21N3O5S. The molecule has 1 heterocycles. The van der Waals surface area contributed by atoms with Gasteiger partial charge >= 0.3 is 0 Å². The first-order valence-corrected chi connectivity index (χ1v) is 10.6. The Hall–Kier alpha value is -3.30. The molecule has 0 atom stereocenters. The Bertz CT molecular complexity index is 1150. The van der Waals surface area contributed by atoms with Crippen LogP contribution in [-0.4, -0.2) is 25.3 Å². The fourth-order valence-electron chi connectivity index (χ4n) is 2.68. The number of ketones is 1. The van der Waals surface area contributed by atoms with E-state index in [4.69, 9.17) is 4.52 Å². The number of aromatic nitrogens is 1. The SMILES string of the molecule is CC(=O)c1ccc(S(=O)(=O)NCc2ccc(C(=O)NCc3cc(C)on3)cc2)cc1. The second-order valence-corrected chi connectivity index (χ2v) is 8.48. The van der Waals surface area contributed by atoms with Crippen LogP contribution in [0.1, 0.15) is 44.7 Å². The van der Waals surface area contributed by atoms with E-state index in [1.807, 2.05) is 0 Å². The van der Waals surface area contributed by atoms with Gasteiger partial charge in [0.25, 0.3) is 5.91 Å². The van der Waals surface area contributed by atoms with Crippen molar-refractivity contribution in [2.45, 2.75) is 31.8 Å². The smallest absolute Gasteiger partial charge is 0.251 e. The third-order valence-electron chi connectivity index (χ3n) is 4.36. The van der Waals surface area contributed by atoms with Crippen molar-refractivity contribution in [1.82, 2.24) is 15.2 Å². The Balaban J connectivity index is 1.57. The number of benzene rings is 2. The minimum absolute atomic E-state index is 0.0664. The Kier molecular flexibility index (Phi) is 6.43. The molecule has 9 heteroatoms. The van der Waals surface area contributed by atoms with Gasteiger partial charge in [-0.2, -0.15) is 0 Å². The van der Waals surface area contributed by atoms with E-state index < -0.39 is 10.0 Å². The number of hydrogen-bond donors (Lipinski definition) is 2. The van der Waals surface area contributed by atoms with Crippen molar-refractivity contribution in [3.63, 3.8) is 0 Å². The van der Waals surface area contributed by atoms with Crippen LogP contribution in [0, 0.1) is 6.92 Å². The lowest BCUT2D eigenvalue weighted by molar-refractivity contribution is 0.0949. The van der Waals surface area contributed by atoms with E-state index in [9.17, 15) is 18.0 Å². The van der Waals surface area contributed by atoms with E-state index in [1.165, 1.54) is 31.2 Å². The zero-order chi connectivity index (χ0) is 21.7. The maximum absolute atomic E-state index is 12.4. The van der Waals surface area contributed by atoms with E-state index >= 15 is 0 Å². The largest absolute Gasteiger partial charge is 0.361 e. The van der Waals surface area contributed by atoms with Crippen molar-refractivity contribution in [3.8, 4) is 0 Å². The normalized spacial score (nSPS) is 11.3. The number of amides is 1. The first-order valence-electron chi connectivity index (χ1n) is 9.14. The van der Waals surface area contributed by atoms with Gasteiger partial charge in [-0.05, 0) is 43.7 Å². The molecule has 3 rings (SSSR count). The summed E-state index contributed by atoms with van der Waals surface area (Å²) < 4.78 is 32.3. The molecule has 0 aliphatic rings. The molecule has 1 aromatic heterocycles. The molecule has 0 saturated carbocycles. The number of carbonyl (C=O) groups is 2. The summed E-state index contributed by atoms with van der Waals surface area (Å²) in [6.45, 7) is 3.50. The van der Waals surface area contributed by atoms with Gasteiger partial charge < -0.3 is 9.84 Å². The minimum Gasteiger partial charge on any atom is -0.361 e. The summed E-state index contributed by atoms with van der Waals surface area (Å²) in [5.74, 6) is 0.265. The molecule has 0 fully saturated rings. The van der Waals surface area contributed by atoms with E-state index in [0.717, 1.165) is 0 Å². The van der Waals surface area contributed by atoms with Crippen LogP contribution in [0.5, 0.6) is 0 Å². The number of Topliss-reactive ketones (excluding diaryl/α,β-unsaturated/α-hetero) is 1. The molecule has 30 heavy (non-hydrogen) atoms. The number of sulfonamides is 1. The van der Waals surface area contributed by atoms with Gasteiger partial charge in [0.15, 0.2) is 5.78 Å². The summed E-state index contributed by atoms with van der Waals surface area (Å²) in [6, 6.07) is 14.1. The molecule has 0 unspecified atom stereocenters. The third-order valence-corrected chi connectivity index (χ3v) is 5.78. The van der Waals surface area contributed by atoms with E-state index in [1.54, 1.807) is 37.3 Å². The lowest BCUT2D eigenvalue weighted by atomic mass is 10.1. The number of rotatable bonds is 8. The second-order valence-electron chi connectivity index (χ2n) is 6.71. The Morgan fingerprint density at radius 1 is 0.967 bits per heavy atom. The number of hydrogen-bond acceptors (Lipinski definition) is 6. The van der Waals surface area contributed by atoms with Crippen LogP contribution >= 0.6 is 0 Å². The summed E-state index contributed by atoms with van der Waals surface area (Å²) in [6.07, 6.45) is 0. The van der Waals surface area contributed by atoms with Gasteiger partial charge in [-0.25, -0.2) is 13.1 Å². The maximum atomic E-state index is 12.4. The van der Waals surface area contributed by atoms with Crippen molar-refractivity contribution < 1.29 is 22.5 Å². The highest BCUT2D eigenvalue weighted by Gasteiger charge is 2.14. The quantitative estimate of drug-likeness (QED) is 0.534. The first kappa shape index (κ1) is 21.4. The monoisotopic (exact) mass is 427 g/mol. The molecule has 1 amide bonds. The maximum Gasteiger partial charge on any atom is 0.251 e. The van der Waals surface area contributed by atoms with E-state index in [2.05, 4.69) is 15.2 Å². The van der Waals surface area contributed by atoms with Crippen LogP contribution in [0.2, 0.25) is 0 Å². The summed E-state index contributed by atoms with van der Waals surface area (Å²) >= 11 is 0. The van der Waals surface area contributed by atoms with Gasteiger partial charge in [-0.15, -0.1) is 0 Å². The molecule has 0 saturated heterocycles. The predicted octanol–water partition coefficient (Wildman–Crippen LogP) is 2.59. The summed E-state index contributed by atoms with van der Waals surface area (Å²) in [5.41, 5.74) is 2.22. The minimum atomic E-state index is -3.72. The molecular weight excluding hydrogens is 406 g/mol. The number of carbonyl (C=O) groups excluding carboxylic acids is 2. The van der Waals surface area contributed by atoms with Gasteiger partial charge in [0.1, 0.15) is 11.5 Å². The zero-order valence-electron chi connectivity index (χ0n) is 16.5. The van der Waals surface area contributed by atoms with Gasteiger partial charge in [-0.1, -0.05) is 29.4 Å². The average Bonchev–Trinajstić information content (AvgIpc) is 3.16. The molecule has 0 aliphatic heterocycles. The molecule has 2 N–H and O–H groups in total. The van der Waals surface area contributed by atoms with Crippen LogP contribution in [0.4, 0.5) is 0 Å². The van der Waals surface area contributed by atoms with Crippen molar-refractivity contribution >= 4 is 21.7 Å². The summed E-state index contributed by atoms with van der Waals surface area (Å²) in [4.78, 5) is 23.6. The summed E-state index contributed by atoms with van der Waals surface area (Å²) in [5, 5.41) is 6.55. The van der Waals surface area contributed by atoms with Crippen LogP contribution in [0.3, 0.4) is 0 Å². The highest BCUT2D eigenvalue weighted by molar-refractivity contribution is 7.89. The molecule has 0 radical (unpaired) electrons. The molecule has 156 valence electrons. The third kappa shape index (κ3) is 5.40. The van der Waals surface area contributed by atoms with E-state index in [0.29, 0.717) is 28.1 Å². The van der Waals surface area contributed by atoms with Crippen molar-refractivity contribution in [2.75, 3.05) is 0 Å². The average molecular weight is 427 g/mol. The van der Waals surface area contributed by atoms with E-state index in [-0.39, 0.29) is 29.7 Å². The molecule has 0 aliphatic carbocycles. The van der Waals surface area contributed by atoms with Gasteiger partial charge in [-0.3, -0.25) is 9.59 Å². The standard InChI is InChI=1S/C21H21N3O5S/c1-14-11-19(24-29-14)13-22-21(26)18-5-3-16(4-6-18)12-23-30(27,28)20-9-7-17(8-10-20)15(2)25/h3-11,23H,12-13H2,1-2H3,(H,22,26). The lowest BCUT2D eigenvalue weighted by Gasteiger charge is -2.08. The lowest BCUT2D eigenvalue weighted by Crippen LogP contribution is -2.24. The number of nitrogens with zero attached hydrogens (tertiary/aromatic N) is 1. The van der Waals surface area contributed by atoms with Gasteiger partial charge in [0.2, 0.25) is 10.0 Å². The highest BCUT2D eigenvalue weighted by Crippen LogP contribution is 2.12. The Morgan fingerprint density at radius 2 is 1.60 bits per heavy atom. The van der Waals surface area contributed by atoms with Crippen molar-refractivity contribution in [3.05, 3.63) is 82.7 Å². The van der Waals surface area contributed by atoms with Crippen LogP contribution in [-0.2, 0) is 23.1 Å². The fraction of sp³-hybridized carbons (Fsp3) is 0.190. The van der Waals surface area contributed by atoms with Crippen LogP contribution in [0.15, 0.2) is 64.0 Å². The van der Waals surface area contributed by atoms with Crippen LogP contribution < -0.4 is 10.0 Å². The van der Waals surface area contributed by atoms with Gasteiger partial charge in [0.05, 0.1) is 11.4 Å². The predicted molar refractivity (Wildman–Crippen MR) is 109 cm³/mol. The molecule has 0 spiro atoms. The highest BCUT2D eigenvalue weighted by atomic mass is 32.2. The molecule has 3 aromatic rings. The zero-order valence-corrected chi connectivity index (χ0v) is 17.3. The molecule has 8 nitrogen and oxygen atoms in total. The first-order chi connectivity index (χ1) is 14.2. The number of nitrogens with one attached hydrogen (secondary N) is 2. The Morgan fingerprint density at radius 3 is 2.17 bits per heavy atom. The van der Waals surface area contributed by atoms with Gasteiger partial charge in [0, 0.05) is 23.7 Å². The Labute approximate surface area is 174 Å². The van der Waals surface area contributed by atoms with Crippen molar-refractivity contribution in [1.29, 1.82) is 0 Å². The molecule has 0 bridgehead atoms. The molecule has 2 aromatic carbocycles. The second kappa shape index (κ2) is 9.02. The topological polar surface area (TPSA) is 118 Å².